The molecule has 2 N–H and O–H groups in total. The van der Waals surface area contributed by atoms with Gasteiger partial charge in [0.15, 0.2) is 0 Å². The second-order valence-corrected chi connectivity index (χ2v) is 5.84. The number of aromatic nitrogens is 2. The Hall–Kier alpha value is -3.35. The van der Waals surface area contributed by atoms with Crippen LogP contribution in [0.2, 0.25) is 0 Å². The van der Waals surface area contributed by atoms with E-state index in [9.17, 15) is 9.18 Å². The number of rotatable bonds is 5. The second-order valence-electron chi connectivity index (χ2n) is 5.84. The molecule has 0 aliphatic rings. The van der Waals surface area contributed by atoms with E-state index in [1.54, 1.807) is 42.4 Å². The number of aryl methyl sites for hydroxylation is 1. The average Bonchev–Trinajstić information content (AvgIpc) is 3.04. The predicted octanol–water partition coefficient (Wildman–Crippen LogP) is 4.03. The standard InChI is InChI=1S/C19H19FN4O2/c1-13-3-8-18(26-2)17(9-13)23-19(25)22-16-10-21-24(12-16)11-14-4-6-15(20)7-5-14/h3-10,12H,11H2,1-2H3,(H2,22,23,25). The third-order valence-corrected chi connectivity index (χ3v) is 3.75. The van der Waals surface area contributed by atoms with Crippen molar-refractivity contribution in [1.29, 1.82) is 0 Å². The van der Waals surface area contributed by atoms with Crippen LogP contribution in [0.1, 0.15) is 11.1 Å². The van der Waals surface area contributed by atoms with Crippen molar-refractivity contribution in [2.24, 2.45) is 0 Å². The minimum atomic E-state index is -0.393. The summed E-state index contributed by atoms with van der Waals surface area (Å²) in [4.78, 5) is 12.2. The molecule has 0 fully saturated rings. The number of ether oxygens (including phenoxy) is 1. The Morgan fingerprint density at radius 1 is 1.19 bits per heavy atom. The zero-order valence-electron chi connectivity index (χ0n) is 14.5. The van der Waals surface area contributed by atoms with Gasteiger partial charge >= 0.3 is 6.03 Å². The van der Waals surface area contributed by atoms with Gasteiger partial charge in [-0.15, -0.1) is 0 Å². The monoisotopic (exact) mass is 354 g/mol. The first-order chi connectivity index (χ1) is 12.5. The average molecular weight is 354 g/mol. The molecule has 0 atom stereocenters. The molecule has 3 aromatic rings. The number of carbonyl (C=O) groups is 1. The van der Waals surface area contributed by atoms with Crippen molar-refractivity contribution in [2.75, 3.05) is 17.7 Å². The SMILES string of the molecule is COc1ccc(C)cc1NC(=O)Nc1cnn(Cc2ccc(F)cc2)c1. The zero-order valence-corrected chi connectivity index (χ0v) is 14.5. The summed E-state index contributed by atoms with van der Waals surface area (Å²) >= 11 is 0. The summed E-state index contributed by atoms with van der Waals surface area (Å²) in [6.45, 7) is 2.41. The second kappa shape index (κ2) is 7.69. The summed E-state index contributed by atoms with van der Waals surface area (Å²) in [6.07, 6.45) is 3.26. The van der Waals surface area contributed by atoms with Gasteiger partial charge in [0.1, 0.15) is 11.6 Å². The number of urea groups is 1. The minimum absolute atomic E-state index is 0.278. The van der Waals surface area contributed by atoms with E-state index in [0.717, 1.165) is 11.1 Å². The van der Waals surface area contributed by atoms with E-state index in [4.69, 9.17) is 4.74 Å². The molecule has 1 aromatic heterocycles. The Labute approximate surface area is 150 Å². The van der Waals surface area contributed by atoms with Crippen LogP contribution < -0.4 is 15.4 Å². The van der Waals surface area contributed by atoms with Crippen molar-refractivity contribution in [1.82, 2.24) is 9.78 Å². The van der Waals surface area contributed by atoms with Gasteiger partial charge in [0.25, 0.3) is 0 Å². The number of hydrogen-bond donors (Lipinski definition) is 2. The number of halogens is 1. The maximum Gasteiger partial charge on any atom is 0.323 e. The fraction of sp³-hybridized carbons (Fsp3) is 0.158. The first-order valence-electron chi connectivity index (χ1n) is 8.03. The first-order valence-corrected chi connectivity index (χ1v) is 8.03. The van der Waals surface area contributed by atoms with Gasteiger partial charge in [0, 0.05) is 6.20 Å². The highest BCUT2D eigenvalue weighted by molar-refractivity contribution is 6.00. The summed E-state index contributed by atoms with van der Waals surface area (Å²) < 4.78 is 19.9. The van der Waals surface area contributed by atoms with Gasteiger partial charge < -0.3 is 15.4 Å². The van der Waals surface area contributed by atoms with E-state index in [-0.39, 0.29) is 5.82 Å². The molecule has 2 aromatic carbocycles. The van der Waals surface area contributed by atoms with Crippen molar-refractivity contribution in [3.63, 3.8) is 0 Å². The van der Waals surface area contributed by atoms with Crippen LogP contribution in [-0.4, -0.2) is 22.9 Å². The quantitative estimate of drug-likeness (QED) is 0.727. The summed E-state index contributed by atoms with van der Waals surface area (Å²) in [6, 6.07) is 11.3. The van der Waals surface area contributed by atoms with Crippen molar-refractivity contribution >= 4 is 17.4 Å². The van der Waals surface area contributed by atoms with Gasteiger partial charge in [0.05, 0.1) is 31.2 Å². The number of nitrogens with one attached hydrogen (secondary N) is 2. The molecule has 0 aliphatic carbocycles. The lowest BCUT2D eigenvalue weighted by molar-refractivity contribution is 0.262. The molecule has 0 spiro atoms. The highest BCUT2D eigenvalue weighted by atomic mass is 19.1. The van der Waals surface area contributed by atoms with Crippen LogP contribution >= 0.6 is 0 Å². The van der Waals surface area contributed by atoms with Gasteiger partial charge in [-0.25, -0.2) is 9.18 Å². The number of nitrogens with zero attached hydrogens (tertiary/aromatic N) is 2. The molecule has 0 radical (unpaired) electrons. The fourth-order valence-corrected chi connectivity index (χ4v) is 2.50. The maximum absolute atomic E-state index is 12.9. The lowest BCUT2D eigenvalue weighted by atomic mass is 10.2. The highest BCUT2D eigenvalue weighted by Crippen LogP contribution is 2.25. The van der Waals surface area contributed by atoms with Crippen LogP contribution in [0.5, 0.6) is 5.75 Å². The van der Waals surface area contributed by atoms with E-state index in [0.29, 0.717) is 23.7 Å². The Morgan fingerprint density at radius 3 is 2.69 bits per heavy atom. The summed E-state index contributed by atoms with van der Waals surface area (Å²) in [5.41, 5.74) is 3.06. The number of amides is 2. The molecule has 3 rings (SSSR count). The predicted molar refractivity (Wildman–Crippen MR) is 98.1 cm³/mol. The number of carbonyl (C=O) groups excluding carboxylic acids is 1. The van der Waals surface area contributed by atoms with E-state index in [1.807, 2.05) is 19.1 Å². The van der Waals surface area contributed by atoms with Crippen molar-refractivity contribution < 1.29 is 13.9 Å². The number of hydrogen-bond acceptors (Lipinski definition) is 3. The third-order valence-electron chi connectivity index (χ3n) is 3.75. The lowest BCUT2D eigenvalue weighted by Gasteiger charge is -2.11. The fourth-order valence-electron chi connectivity index (χ4n) is 2.50. The molecule has 26 heavy (non-hydrogen) atoms. The van der Waals surface area contributed by atoms with Crippen molar-refractivity contribution in [3.05, 3.63) is 71.8 Å². The molecule has 0 aliphatic heterocycles. The summed E-state index contributed by atoms with van der Waals surface area (Å²) in [5, 5.41) is 9.69. The van der Waals surface area contributed by atoms with Gasteiger partial charge in [-0.1, -0.05) is 18.2 Å². The van der Waals surface area contributed by atoms with Crippen LogP contribution in [-0.2, 0) is 6.54 Å². The number of anilines is 2. The Balaban J connectivity index is 1.62. The molecule has 0 saturated carbocycles. The van der Waals surface area contributed by atoms with E-state index < -0.39 is 6.03 Å². The molecule has 7 heteroatoms. The topological polar surface area (TPSA) is 68.2 Å². The number of benzene rings is 2. The minimum Gasteiger partial charge on any atom is -0.495 e. The molecule has 6 nitrogen and oxygen atoms in total. The third kappa shape index (κ3) is 4.38. The highest BCUT2D eigenvalue weighted by Gasteiger charge is 2.09. The van der Waals surface area contributed by atoms with Crippen LogP contribution in [0, 0.1) is 12.7 Å². The van der Waals surface area contributed by atoms with E-state index in [2.05, 4.69) is 15.7 Å². The van der Waals surface area contributed by atoms with E-state index in [1.165, 1.54) is 12.1 Å². The molecule has 0 saturated heterocycles. The van der Waals surface area contributed by atoms with Crippen molar-refractivity contribution in [3.8, 4) is 5.75 Å². The molecular formula is C19H19FN4O2. The summed E-state index contributed by atoms with van der Waals surface area (Å²) in [7, 11) is 1.55. The molecular weight excluding hydrogens is 335 g/mol. The molecule has 1 heterocycles. The van der Waals surface area contributed by atoms with Gasteiger partial charge in [0.2, 0.25) is 0 Å². The van der Waals surface area contributed by atoms with Crippen LogP contribution in [0.25, 0.3) is 0 Å². The zero-order chi connectivity index (χ0) is 18.5. The normalized spacial score (nSPS) is 10.4. The smallest absolute Gasteiger partial charge is 0.323 e. The van der Waals surface area contributed by atoms with Gasteiger partial charge in [-0.2, -0.15) is 5.10 Å². The van der Waals surface area contributed by atoms with Crippen LogP contribution in [0.3, 0.4) is 0 Å². The van der Waals surface area contributed by atoms with Crippen molar-refractivity contribution in [2.45, 2.75) is 13.5 Å². The molecule has 134 valence electrons. The van der Waals surface area contributed by atoms with Gasteiger partial charge in [-0.3, -0.25) is 4.68 Å². The van der Waals surface area contributed by atoms with Crippen LogP contribution in [0.15, 0.2) is 54.9 Å². The summed E-state index contributed by atoms with van der Waals surface area (Å²) in [5.74, 6) is 0.303. The maximum atomic E-state index is 12.9. The number of methoxy groups -OCH3 is 1. The largest absolute Gasteiger partial charge is 0.495 e. The molecule has 0 unspecified atom stereocenters. The Bertz CT molecular complexity index is 906. The molecule has 2 amide bonds. The first kappa shape index (κ1) is 17.5. The Kier molecular flexibility index (Phi) is 5.17. The lowest BCUT2D eigenvalue weighted by Crippen LogP contribution is -2.19. The molecule has 0 bridgehead atoms. The Morgan fingerprint density at radius 2 is 1.96 bits per heavy atom. The van der Waals surface area contributed by atoms with Gasteiger partial charge in [-0.05, 0) is 42.3 Å². The van der Waals surface area contributed by atoms with Crippen LogP contribution in [0.4, 0.5) is 20.6 Å². The van der Waals surface area contributed by atoms with E-state index >= 15 is 0 Å².